The lowest BCUT2D eigenvalue weighted by Gasteiger charge is -2.07. The normalized spacial score (nSPS) is 10.8. The molecule has 1 heterocycles. The summed E-state index contributed by atoms with van der Waals surface area (Å²) in [4.78, 5) is 15.5. The van der Waals surface area contributed by atoms with E-state index in [0.717, 1.165) is 5.69 Å². The predicted octanol–water partition coefficient (Wildman–Crippen LogP) is 2.03. The summed E-state index contributed by atoms with van der Waals surface area (Å²) in [6, 6.07) is 7.46. The van der Waals surface area contributed by atoms with Crippen LogP contribution in [0.25, 0.3) is 11.8 Å². The van der Waals surface area contributed by atoms with Gasteiger partial charge in [0.2, 0.25) is 0 Å². The molecule has 0 unspecified atom stereocenters. The number of esters is 1. The summed E-state index contributed by atoms with van der Waals surface area (Å²) in [6.07, 6.45) is 6.39. The summed E-state index contributed by atoms with van der Waals surface area (Å²) in [7, 11) is 0. The smallest absolute Gasteiger partial charge is 0.330 e. The highest BCUT2D eigenvalue weighted by atomic mass is 16.5. The van der Waals surface area contributed by atoms with Crippen LogP contribution in [0.3, 0.4) is 0 Å². The molecule has 2 rings (SSSR count). The molecule has 0 amide bonds. The second-order valence-electron chi connectivity index (χ2n) is 3.80. The van der Waals surface area contributed by atoms with E-state index in [9.17, 15) is 4.79 Å². The van der Waals surface area contributed by atoms with Crippen LogP contribution in [0.15, 0.2) is 42.7 Å². The summed E-state index contributed by atoms with van der Waals surface area (Å²) in [5.41, 5.74) is 7.39. The number of carbonyl (C=O) groups is 1. The first-order chi connectivity index (χ1) is 9.22. The highest BCUT2D eigenvalue weighted by Gasteiger charge is 2.05. The van der Waals surface area contributed by atoms with E-state index >= 15 is 0 Å². The maximum Gasteiger partial charge on any atom is 0.330 e. The molecule has 0 aliphatic rings. The first-order valence-corrected chi connectivity index (χ1v) is 5.95. The molecule has 0 aliphatic heterocycles. The molecule has 1 aromatic heterocycles. The fourth-order valence-corrected chi connectivity index (χ4v) is 1.68. The molecule has 5 heteroatoms. The summed E-state index contributed by atoms with van der Waals surface area (Å²) in [5.74, 6) is 0.226. The highest BCUT2D eigenvalue weighted by Crippen LogP contribution is 2.18. The van der Waals surface area contributed by atoms with Crippen molar-refractivity contribution in [1.82, 2.24) is 9.55 Å². The number of nitrogen functional groups attached to an aromatic ring is 1. The van der Waals surface area contributed by atoms with Crippen LogP contribution in [-0.2, 0) is 9.53 Å². The number of hydrogen-bond donors (Lipinski definition) is 1. The van der Waals surface area contributed by atoms with Gasteiger partial charge in [-0.1, -0.05) is 12.1 Å². The minimum Gasteiger partial charge on any atom is -0.463 e. The van der Waals surface area contributed by atoms with E-state index in [0.29, 0.717) is 18.1 Å². The summed E-state index contributed by atoms with van der Waals surface area (Å²) >= 11 is 0. The lowest BCUT2D eigenvalue weighted by atomic mass is 10.2. The van der Waals surface area contributed by atoms with E-state index < -0.39 is 5.97 Å². The lowest BCUT2D eigenvalue weighted by molar-refractivity contribution is -0.137. The van der Waals surface area contributed by atoms with Crippen molar-refractivity contribution in [2.75, 3.05) is 12.3 Å². The Hall–Kier alpha value is -2.56. The molecule has 0 bridgehead atoms. The van der Waals surface area contributed by atoms with E-state index in [4.69, 9.17) is 10.5 Å². The quantitative estimate of drug-likeness (QED) is 0.517. The van der Waals surface area contributed by atoms with E-state index in [1.165, 1.54) is 6.08 Å². The Balaban J connectivity index is 2.28. The largest absolute Gasteiger partial charge is 0.463 e. The number of hydrogen-bond acceptors (Lipinski definition) is 4. The molecular formula is C14H15N3O2. The minimum absolute atomic E-state index is 0.350. The van der Waals surface area contributed by atoms with Crippen molar-refractivity contribution < 1.29 is 9.53 Å². The minimum atomic E-state index is -0.391. The zero-order valence-electron chi connectivity index (χ0n) is 10.6. The van der Waals surface area contributed by atoms with Crippen molar-refractivity contribution in [3.8, 4) is 5.69 Å². The zero-order valence-corrected chi connectivity index (χ0v) is 10.6. The number of nitrogens with two attached hydrogens (primary N) is 1. The summed E-state index contributed by atoms with van der Waals surface area (Å²) in [5, 5.41) is 0. The van der Waals surface area contributed by atoms with Gasteiger partial charge in [0.15, 0.2) is 0 Å². The summed E-state index contributed by atoms with van der Waals surface area (Å²) < 4.78 is 6.63. The van der Waals surface area contributed by atoms with Crippen LogP contribution in [-0.4, -0.2) is 22.1 Å². The number of carbonyl (C=O) groups excluding carboxylic acids is 1. The first-order valence-electron chi connectivity index (χ1n) is 5.95. The Labute approximate surface area is 111 Å². The van der Waals surface area contributed by atoms with Gasteiger partial charge in [-0.3, -0.25) is 4.57 Å². The van der Waals surface area contributed by atoms with Gasteiger partial charge >= 0.3 is 5.97 Å². The number of benzene rings is 1. The predicted molar refractivity (Wildman–Crippen MR) is 73.6 cm³/mol. The summed E-state index contributed by atoms with van der Waals surface area (Å²) in [6.45, 7) is 2.11. The second kappa shape index (κ2) is 5.86. The molecule has 5 nitrogen and oxygen atoms in total. The molecule has 0 saturated carbocycles. The molecule has 2 aromatic rings. The molecule has 0 spiro atoms. The van der Waals surface area contributed by atoms with Gasteiger partial charge in [-0.25, -0.2) is 9.78 Å². The number of anilines is 1. The topological polar surface area (TPSA) is 70.1 Å². The van der Waals surface area contributed by atoms with Gasteiger partial charge in [0.25, 0.3) is 0 Å². The Bertz CT molecular complexity index is 602. The SMILES string of the molecule is CCOC(=O)/C=C/c1nccn1-c1ccccc1N. The number of para-hydroxylation sites is 2. The average molecular weight is 257 g/mol. The van der Waals surface area contributed by atoms with Crippen molar-refractivity contribution in [2.24, 2.45) is 0 Å². The number of rotatable bonds is 4. The molecule has 0 radical (unpaired) electrons. The molecule has 0 atom stereocenters. The van der Waals surface area contributed by atoms with Gasteiger partial charge in [-0.05, 0) is 25.1 Å². The van der Waals surface area contributed by atoms with Crippen molar-refractivity contribution in [3.63, 3.8) is 0 Å². The molecular weight excluding hydrogens is 242 g/mol. The van der Waals surface area contributed by atoms with Crippen LogP contribution in [0.2, 0.25) is 0 Å². The molecule has 98 valence electrons. The highest BCUT2D eigenvalue weighted by molar-refractivity contribution is 5.86. The monoisotopic (exact) mass is 257 g/mol. The number of imidazole rings is 1. The lowest BCUT2D eigenvalue weighted by Crippen LogP contribution is -2.02. The third kappa shape index (κ3) is 3.01. The molecule has 0 fully saturated rings. The van der Waals surface area contributed by atoms with E-state index in [1.807, 2.05) is 28.8 Å². The van der Waals surface area contributed by atoms with Crippen LogP contribution in [0.5, 0.6) is 0 Å². The van der Waals surface area contributed by atoms with Crippen molar-refractivity contribution in [3.05, 3.63) is 48.6 Å². The van der Waals surface area contributed by atoms with Gasteiger partial charge in [0.1, 0.15) is 5.82 Å². The second-order valence-corrected chi connectivity index (χ2v) is 3.80. The van der Waals surface area contributed by atoms with Gasteiger partial charge in [-0.15, -0.1) is 0 Å². The maximum absolute atomic E-state index is 11.3. The Morgan fingerprint density at radius 1 is 1.47 bits per heavy atom. The Morgan fingerprint density at radius 2 is 2.26 bits per heavy atom. The van der Waals surface area contributed by atoms with Crippen molar-refractivity contribution in [2.45, 2.75) is 6.92 Å². The van der Waals surface area contributed by atoms with Crippen molar-refractivity contribution >= 4 is 17.7 Å². The Kier molecular flexibility index (Phi) is 3.97. The van der Waals surface area contributed by atoms with E-state index in [1.54, 1.807) is 25.4 Å². The third-order valence-corrected chi connectivity index (χ3v) is 2.52. The van der Waals surface area contributed by atoms with Gasteiger partial charge in [-0.2, -0.15) is 0 Å². The Morgan fingerprint density at radius 3 is 3.00 bits per heavy atom. The molecule has 1 aromatic carbocycles. The fourth-order valence-electron chi connectivity index (χ4n) is 1.68. The van der Waals surface area contributed by atoms with E-state index in [2.05, 4.69) is 4.98 Å². The first kappa shape index (κ1) is 12.9. The fraction of sp³-hybridized carbons (Fsp3) is 0.143. The molecule has 0 saturated heterocycles. The van der Waals surface area contributed by atoms with Crippen LogP contribution in [0, 0.1) is 0 Å². The van der Waals surface area contributed by atoms with Crippen LogP contribution < -0.4 is 5.73 Å². The molecule has 0 aliphatic carbocycles. The average Bonchev–Trinajstić information content (AvgIpc) is 2.85. The number of aromatic nitrogens is 2. The van der Waals surface area contributed by atoms with Gasteiger partial charge in [0.05, 0.1) is 18.0 Å². The van der Waals surface area contributed by atoms with Crippen LogP contribution in [0.1, 0.15) is 12.7 Å². The third-order valence-electron chi connectivity index (χ3n) is 2.52. The van der Waals surface area contributed by atoms with Crippen LogP contribution in [0.4, 0.5) is 5.69 Å². The van der Waals surface area contributed by atoms with Gasteiger partial charge in [0, 0.05) is 18.5 Å². The maximum atomic E-state index is 11.3. The van der Waals surface area contributed by atoms with E-state index in [-0.39, 0.29) is 0 Å². The molecule has 2 N–H and O–H groups in total. The number of nitrogens with zero attached hydrogens (tertiary/aromatic N) is 2. The van der Waals surface area contributed by atoms with Gasteiger partial charge < -0.3 is 10.5 Å². The number of ether oxygens (including phenoxy) is 1. The van der Waals surface area contributed by atoms with Crippen molar-refractivity contribution in [1.29, 1.82) is 0 Å². The standard InChI is InChI=1S/C14H15N3O2/c1-2-19-14(18)8-7-13-16-9-10-17(13)12-6-4-3-5-11(12)15/h3-10H,2,15H2,1H3/b8-7+. The van der Waals surface area contributed by atoms with Crippen LogP contribution >= 0.6 is 0 Å². The molecule has 19 heavy (non-hydrogen) atoms. The zero-order chi connectivity index (χ0) is 13.7.